The lowest BCUT2D eigenvalue weighted by atomic mass is 9.79. The molecule has 1 aliphatic carbocycles. The highest BCUT2D eigenvalue weighted by molar-refractivity contribution is 5.70. The van der Waals surface area contributed by atoms with Crippen LogP contribution in [0.15, 0.2) is 17.2 Å². The number of hydrogen-bond donors (Lipinski definition) is 2. The summed E-state index contributed by atoms with van der Waals surface area (Å²) in [5.41, 5.74) is -0.155. The van der Waals surface area contributed by atoms with E-state index in [1.165, 1.54) is 0 Å². The van der Waals surface area contributed by atoms with Gasteiger partial charge in [0.15, 0.2) is 5.82 Å². The van der Waals surface area contributed by atoms with Crippen LogP contribution in [-0.4, -0.2) is 27.2 Å². The molecule has 6 nitrogen and oxygen atoms in total. The summed E-state index contributed by atoms with van der Waals surface area (Å²) in [6.45, 7) is 2.98. The van der Waals surface area contributed by atoms with Crippen molar-refractivity contribution in [3.63, 3.8) is 0 Å². The fourth-order valence-electron chi connectivity index (χ4n) is 2.82. The molecule has 0 bridgehead atoms. The van der Waals surface area contributed by atoms with E-state index in [-0.39, 0.29) is 17.4 Å². The van der Waals surface area contributed by atoms with Gasteiger partial charge < -0.3 is 15.0 Å². The fourth-order valence-corrected chi connectivity index (χ4v) is 2.82. The Kier molecular flexibility index (Phi) is 4.76. The zero-order valence-electron chi connectivity index (χ0n) is 11.7. The smallest absolute Gasteiger partial charge is 0.306 e. The van der Waals surface area contributed by atoms with Crippen molar-refractivity contribution >= 4 is 11.8 Å². The van der Waals surface area contributed by atoms with Crippen LogP contribution in [0.2, 0.25) is 0 Å². The van der Waals surface area contributed by atoms with Crippen molar-refractivity contribution in [2.45, 2.75) is 39.2 Å². The van der Waals surface area contributed by atoms with Gasteiger partial charge in [0.2, 0.25) is 0 Å². The molecule has 0 saturated heterocycles. The van der Waals surface area contributed by atoms with Gasteiger partial charge in [-0.25, -0.2) is 4.98 Å². The number of carboxylic acid groups (broad SMARTS) is 1. The number of aliphatic carboxylic acids is 1. The van der Waals surface area contributed by atoms with Gasteiger partial charge >= 0.3 is 5.97 Å². The summed E-state index contributed by atoms with van der Waals surface area (Å²) in [4.78, 5) is 27.3. The maximum atomic E-state index is 12.0. The molecule has 1 aromatic rings. The third-order valence-electron chi connectivity index (χ3n) is 4.01. The van der Waals surface area contributed by atoms with Crippen LogP contribution in [0.3, 0.4) is 0 Å². The van der Waals surface area contributed by atoms with E-state index in [4.69, 9.17) is 0 Å². The van der Waals surface area contributed by atoms with E-state index in [2.05, 4.69) is 10.3 Å². The molecule has 110 valence electrons. The minimum Gasteiger partial charge on any atom is -0.481 e. The monoisotopic (exact) mass is 279 g/mol. The molecular weight excluding hydrogens is 258 g/mol. The predicted octanol–water partition coefficient (Wildman–Crippen LogP) is 1.57. The minimum absolute atomic E-state index is 0.0673. The van der Waals surface area contributed by atoms with Crippen molar-refractivity contribution in [2.24, 2.45) is 11.8 Å². The first-order chi connectivity index (χ1) is 9.63. The number of aromatic nitrogens is 2. The molecule has 2 atom stereocenters. The first-order valence-electron chi connectivity index (χ1n) is 7.15. The Morgan fingerprint density at radius 1 is 1.50 bits per heavy atom. The Hall–Kier alpha value is -1.85. The second-order valence-electron chi connectivity index (χ2n) is 5.24. The van der Waals surface area contributed by atoms with E-state index in [9.17, 15) is 14.7 Å². The summed E-state index contributed by atoms with van der Waals surface area (Å²) >= 11 is 0. The van der Waals surface area contributed by atoms with Gasteiger partial charge in [0.25, 0.3) is 5.56 Å². The normalized spacial score (nSPS) is 22.4. The molecule has 1 aromatic heterocycles. The van der Waals surface area contributed by atoms with Crippen molar-refractivity contribution in [2.75, 3.05) is 11.9 Å². The van der Waals surface area contributed by atoms with Gasteiger partial charge in [-0.3, -0.25) is 9.59 Å². The molecule has 2 unspecified atom stereocenters. The average molecular weight is 279 g/mol. The molecule has 2 rings (SSSR count). The highest BCUT2D eigenvalue weighted by Crippen LogP contribution is 2.30. The lowest BCUT2D eigenvalue weighted by Crippen LogP contribution is -2.33. The number of carbonyl (C=O) groups is 1. The summed E-state index contributed by atoms with van der Waals surface area (Å²) in [5, 5.41) is 12.3. The van der Waals surface area contributed by atoms with Gasteiger partial charge in [-0.05, 0) is 25.7 Å². The van der Waals surface area contributed by atoms with Gasteiger partial charge in [-0.2, -0.15) is 0 Å². The third kappa shape index (κ3) is 3.18. The number of anilines is 1. The first-order valence-corrected chi connectivity index (χ1v) is 7.15. The van der Waals surface area contributed by atoms with Crippen LogP contribution in [0.1, 0.15) is 32.6 Å². The Balaban J connectivity index is 2.04. The minimum atomic E-state index is -0.733. The van der Waals surface area contributed by atoms with E-state index in [1.54, 1.807) is 17.0 Å². The quantitative estimate of drug-likeness (QED) is 0.854. The van der Waals surface area contributed by atoms with Gasteiger partial charge in [0.05, 0.1) is 5.92 Å². The van der Waals surface area contributed by atoms with Crippen molar-refractivity contribution in [3.05, 3.63) is 22.7 Å². The second-order valence-corrected chi connectivity index (χ2v) is 5.24. The molecule has 1 heterocycles. The van der Waals surface area contributed by atoms with Gasteiger partial charge in [-0.15, -0.1) is 0 Å². The van der Waals surface area contributed by atoms with Gasteiger partial charge in [0.1, 0.15) is 0 Å². The Labute approximate surface area is 117 Å². The van der Waals surface area contributed by atoms with Crippen molar-refractivity contribution in [1.82, 2.24) is 9.55 Å². The third-order valence-corrected chi connectivity index (χ3v) is 4.01. The summed E-state index contributed by atoms with van der Waals surface area (Å²) in [5.74, 6) is -0.668. The zero-order valence-corrected chi connectivity index (χ0v) is 11.7. The van der Waals surface area contributed by atoms with Crippen LogP contribution in [0, 0.1) is 11.8 Å². The van der Waals surface area contributed by atoms with Crippen LogP contribution in [0.5, 0.6) is 0 Å². The van der Waals surface area contributed by atoms with Crippen LogP contribution >= 0.6 is 0 Å². The van der Waals surface area contributed by atoms with E-state index < -0.39 is 5.97 Å². The fraction of sp³-hybridized carbons (Fsp3) is 0.643. The van der Waals surface area contributed by atoms with Crippen molar-refractivity contribution in [3.8, 4) is 0 Å². The second kappa shape index (κ2) is 6.54. The van der Waals surface area contributed by atoms with Crippen LogP contribution in [0.4, 0.5) is 5.82 Å². The SMILES string of the molecule is CCn1ccnc(NCC2CCCCC2C(=O)O)c1=O. The zero-order chi connectivity index (χ0) is 14.5. The van der Waals surface area contributed by atoms with Crippen LogP contribution in [-0.2, 0) is 11.3 Å². The standard InChI is InChI=1S/C14H21N3O3/c1-2-17-8-7-15-12(13(17)18)16-9-10-5-3-4-6-11(10)14(19)20/h7-8,10-11H,2-6,9H2,1H3,(H,15,16)(H,19,20). The summed E-state index contributed by atoms with van der Waals surface area (Å²) in [7, 11) is 0. The molecule has 20 heavy (non-hydrogen) atoms. The lowest BCUT2D eigenvalue weighted by molar-refractivity contribution is -0.144. The van der Waals surface area contributed by atoms with E-state index in [1.807, 2.05) is 6.92 Å². The van der Waals surface area contributed by atoms with Gasteiger partial charge in [0, 0.05) is 25.5 Å². The summed E-state index contributed by atoms with van der Waals surface area (Å²) in [6, 6.07) is 0. The molecule has 0 radical (unpaired) electrons. The molecule has 0 amide bonds. The molecule has 0 aliphatic heterocycles. The highest BCUT2D eigenvalue weighted by Gasteiger charge is 2.30. The topological polar surface area (TPSA) is 84.2 Å². The molecule has 6 heteroatoms. The van der Waals surface area contributed by atoms with Gasteiger partial charge in [-0.1, -0.05) is 12.8 Å². The Bertz CT molecular complexity index is 527. The first kappa shape index (κ1) is 14.6. The van der Waals surface area contributed by atoms with E-state index in [0.717, 1.165) is 25.7 Å². The molecular formula is C14H21N3O3. The number of nitrogens with zero attached hydrogens (tertiary/aromatic N) is 2. The Morgan fingerprint density at radius 3 is 2.95 bits per heavy atom. The molecule has 2 N–H and O–H groups in total. The molecule has 1 saturated carbocycles. The molecule has 0 aromatic carbocycles. The van der Waals surface area contributed by atoms with Crippen molar-refractivity contribution in [1.29, 1.82) is 0 Å². The number of carboxylic acids is 1. The molecule has 1 fully saturated rings. The van der Waals surface area contributed by atoms with Crippen LogP contribution < -0.4 is 10.9 Å². The van der Waals surface area contributed by atoms with Crippen molar-refractivity contribution < 1.29 is 9.90 Å². The molecule has 0 spiro atoms. The number of aryl methyl sites for hydroxylation is 1. The number of rotatable bonds is 5. The number of hydrogen-bond acceptors (Lipinski definition) is 4. The summed E-state index contributed by atoms with van der Waals surface area (Å²) < 4.78 is 1.57. The van der Waals surface area contributed by atoms with Crippen LogP contribution in [0.25, 0.3) is 0 Å². The lowest BCUT2D eigenvalue weighted by Gasteiger charge is -2.28. The highest BCUT2D eigenvalue weighted by atomic mass is 16.4. The van der Waals surface area contributed by atoms with E-state index in [0.29, 0.717) is 18.9 Å². The predicted molar refractivity (Wildman–Crippen MR) is 75.7 cm³/mol. The van der Waals surface area contributed by atoms with E-state index >= 15 is 0 Å². The number of nitrogens with one attached hydrogen (secondary N) is 1. The Morgan fingerprint density at radius 2 is 2.25 bits per heavy atom. The summed E-state index contributed by atoms with van der Waals surface area (Å²) in [6.07, 6.45) is 6.87. The molecule has 1 aliphatic rings. The maximum absolute atomic E-state index is 12.0. The largest absolute Gasteiger partial charge is 0.481 e. The maximum Gasteiger partial charge on any atom is 0.306 e. The average Bonchev–Trinajstić information content (AvgIpc) is 2.46.